The van der Waals surface area contributed by atoms with E-state index in [2.05, 4.69) is 5.32 Å². The third-order valence-electron chi connectivity index (χ3n) is 3.66. The lowest BCUT2D eigenvalue weighted by Gasteiger charge is -2.27. The molecule has 1 N–H and O–H groups in total. The van der Waals surface area contributed by atoms with E-state index < -0.39 is 11.7 Å². The Hall–Kier alpha value is -1.07. The van der Waals surface area contributed by atoms with Crippen molar-refractivity contribution in [3.63, 3.8) is 0 Å². The molecule has 2 unspecified atom stereocenters. The van der Waals surface area contributed by atoms with Crippen molar-refractivity contribution in [2.75, 3.05) is 7.05 Å². The average molecular weight is 308 g/mol. The predicted molar refractivity (Wildman–Crippen MR) is 73.1 cm³/mol. The quantitative estimate of drug-likeness (QED) is 0.905. The summed E-state index contributed by atoms with van der Waals surface area (Å²) in [5, 5.41) is 2.96. The van der Waals surface area contributed by atoms with Crippen LogP contribution < -0.4 is 5.32 Å². The number of alkyl halides is 3. The van der Waals surface area contributed by atoms with Crippen LogP contribution in [-0.2, 0) is 11.0 Å². The summed E-state index contributed by atoms with van der Waals surface area (Å²) in [4.78, 5) is 12.2. The summed E-state index contributed by atoms with van der Waals surface area (Å²) in [6, 6.07) is 4.75. The number of ketones is 1. The van der Waals surface area contributed by atoms with Crippen LogP contribution in [0.5, 0.6) is 0 Å². The molecule has 1 aromatic rings. The molecule has 112 valence electrons. The third-order valence-corrected chi connectivity index (χ3v) is 3.66. The van der Waals surface area contributed by atoms with Crippen molar-refractivity contribution >= 4 is 18.2 Å². The highest BCUT2D eigenvalue weighted by Crippen LogP contribution is 2.33. The lowest BCUT2D eigenvalue weighted by atomic mass is 9.80. The van der Waals surface area contributed by atoms with Gasteiger partial charge in [-0.25, -0.2) is 0 Å². The fourth-order valence-electron chi connectivity index (χ4n) is 2.58. The van der Waals surface area contributed by atoms with Crippen LogP contribution in [0, 0.1) is 0 Å². The largest absolute Gasteiger partial charge is 0.416 e. The van der Waals surface area contributed by atoms with Gasteiger partial charge in [-0.3, -0.25) is 4.79 Å². The van der Waals surface area contributed by atoms with Crippen molar-refractivity contribution in [2.24, 2.45) is 0 Å². The van der Waals surface area contributed by atoms with Crippen LogP contribution >= 0.6 is 12.4 Å². The molecule has 2 atom stereocenters. The fraction of sp³-hybridized carbons (Fsp3) is 0.500. The van der Waals surface area contributed by atoms with Gasteiger partial charge >= 0.3 is 6.18 Å². The van der Waals surface area contributed by atoms with E-state index in [1.165, 1.54) is 12.1 Å². The number of hydrogen-bond donors (Lipinski definition) is 1. The van der Waals surface area contributed by atoms with Crippen LogP contribution in [0.15, 0.2) is 24.3 Å². The lowest BCUT2D eigenvalue weighted by Crippen LogP contribution is -2.40. The maximum atomic E-state index is 12.5. The van der Waals surface area contributed by atoms with Gasteiger partial charge in [-0.05, 0) is 37.6 Å². The summed E-state index contributed by atoms with van der Waals surface area (Å²) in [7, 11) is 1.73. The fourth-order valence-corrected chi connectivity index (χ4v) is 2.58. The van der Waals surface area contributed by atoms with Gasteiger partial charge in [-0.15, -0.1) is 12.4 Å². The molecular weight excluding hydrogens is 291 g/mol. The molecule has 2 nitrogen and oxygen atoms in total. The van der Waals surface area contributed by atoms with E-state index >= 15 is 0 Å². The Morgan fingerprint density at radius 3 is 2.25 bits per heavy atom. The number of halogens is 4. The van der Waals surface area contributed by atoms with Gasteiger partial charge in [0.25, 0.3) is 0 Å². The molecular formula is C14H17ClF3NO. The van der Waals surface area contributed by atoms with E-state index in [0.717, 1.165) is 25.0 Å². The van der Waals surface area contributed by atoms with Gasteiger partial charge in [-0.2, -0.15) is 13.2 Å². The first-order valence-corrected chi connectivity index (χ1v) is 6.31. The number of Topliss-reactive ketones (excluding diaryl/α,β-unsaturated/α-hetero) is 1. The number of nitrogens with one attached hydrogen (secondary N) is 1. The Morgan fingerprint density at radius 1 is 1.15 bits per heavy atom. The van der Waals surface area contributed by atoms with Gasteiger partial charge in [0, 0.05) is 5.92 Å². The maximum absolute atomic E-state index is 12.5. The summed E-state index contributed by atoms with van der Waals surface area (Å²) in [5.74, 6) is -0.206. The lowest BCUT2D eigenvalue weighted by molar-refractivity contribution is -0.137. The molecule has 0 heterocycles. The summed E-state index contributed by atoms with van der Waals surface area (Å²) in [6.07, 6.45) is -1.92. The van der Waals surface area contributed by atoms with Gasteiger partial charge in [-0.1, -0.05) is 18.6 Å². The molecule has 1 fully saturated rings. The van der Waals surface area contributed by atoms with E-state index in [-0.39, 0.29) is 30.2 Å². The summed E-state index contributed by atoms with van der Waals surface area (Å²) >= 11 is 0. The van der Waals surface area contributed by atoms with Crippen LogP contribution in [0.1, 0.15) is 36.3 Å². The van der Waals surface area contributed by atoms with Crippen LogP contribution in [0.4, 0.5) is 13.2 Å². The first kappa shape index (κ1) is 17.0. The van der Waals surface area contributed by atoms with Crippen molar-refractivity contribution < 1.29 is 18.0 Å². The van der Waals surface area contributed by atoms with E-state index in [9.17, 15) is 18.0 Å². The second kappa shape index (κ2) is 6.59. The molecule has 1 aliphatic carbocycles. The first-order chi connectivity index (χ1) is 8.93. The average Bonchev–Trinajstić information content (AvgIpc) is 2.38. The Balaban J connectivity index is 0.00000200. The zero-order valence-corrected chi connectivity index (χ0v) is 11.9. The van der Waals surface area contributed by atoms with Crippen LogP contribution in [-0.4, -0.2) is 18.9 Å². The zero-order chi connectivity index (χ0) is 14.0. The molecule has 20 heavy (non-hydrogen) atoms. The third kappa shape index (κ3) is 3.52. The number of carbonyl (C=O) groups is 1. The molecule has 1 saturated carbocycles. The van der Waals surface area contributed by atoms with Crippen molar-refractivity contribution in [3.05, 3.63) is 35.4 Å². The molecule has 0 aromatic heterocycles. The minimum absolute atomic E-state index is 0. The van der Waals surface area contributed by atoms with Crippen LogP contribution in [0.25, 0.3) is 0 Å². The van der Waals surface area contributed by atoms with Crippen molar-refractivity contribution in [1.82, 2.24) is 5.32 Å². The smallest absolute Gasteiger partial charge is 0.311 e. The zero-order valence-electron chi connectivity index (χ0n) is 11.0. The summed E-state index contributed by atoms with van der Waals surface area (Å²) < 4.78 is 37.4. The van der Waals surface area contributed by atoms with Gasteiger partial charge in [0.1, 0.15) is 0 Å². The second-order valence-corrected chi connectivity index (χ2v) is 4.85. The molecule has 6 heteroatoms. The van der Waals surface area contributed by atoms with E-state index in [4.69, 9.17) is 0 Å². The second-order valence-electron chi connectivity index (χ2n) is 4.85. The molecule has 0 amide bonds. The highest BCUT2D eigenvalue weighted by Gasteiger charge is 2.33. The topological polar surface area (TPSA) is 29.1 Å². The Kier molecular flexibility index (Phi) is 5.59. The number of hydrogen-bond acceptors (Lipinski definition) is 2. The Morgan fingerprint density at radius 2 is 1.75 bits per heavy atom. The van der Waals surface area contributed by atoms with Gasteiger partial charge in [0.2, 0.25) is 0 Å². The maximum Gasteiger partial charge on any atom is 0.416 e. The molecule has 0 radical (unpaired) electrons. The summed E-state index contributed by atoms with van der Waals surface area (Å²) in [6.45, 7) is 0. The first-order valence-electron chi connectivity index (χ1n) is 6.31. The van der Waals surface area contributed by atoms with Crippen molar-refractivity contribution in [2.45, 2.75) is 37.4 Å². The SMILES string of the molecule is CNC1CCCC(c2ccc(C(F)(F)F)cc2)C1=O.Cl. The van der Waals surface area contributed by atoms with Gasteiger partial charge in [0.15, 0.2) is 5.78 Å². The van der Waals surface area contributed by atoms with Crippen LogP contribution in [0.3, 0.4) is 0 Å². The van der Waals surface area contributed by atoms with E-state index in [0.29, 0.717) is 12.0 Å². The summed E-state index contributed by atoms with van der Waals surface area (Å²) in [5.41, 5.74) is 0.00243. The molecule has 0 spiro atoms. The highest BCUT2D eigenvalue weighted by molar-refractivity contribution is 5.91. The minimum Gasteiger partial charge on any atom is -0.311 e. The molecule has 0 bridgehead atoms. The minimum atomic E-state index is -4.33. The van der Waals surface area contributed by atoms with E-state index in [1.54, 1.807) is 7.05 Å². The molecule has 2 rings (SSSR count). The number of benzene rings is 1. The Labute approximate surface area is 122 Å². The van der Waals surface area contributed by atoms with Gasteiger partial charge < -0.3 is 5.32 Å². The highest BCUT2D eigenvalue weighted by atomic mass is 35.5. The molecule has 0 saturated heterocycles. The predicted octanol–water partition coefficient (Wildman–Crippen LogP) is 3.55. The molecule has 1 aromatic carbocycles. The molecule has 1 aliphatic rings. The number of rotatable bonds is 2. The normalized spacial score (nSPS) is 23.3. The standard InChI is InChI=1S/C14H16F3NO.ClH/c1-18-12-4-2-3-11(13(12)19)9-5-7-10(8-6-9)14(15,16)17;/h5-8,11-12,18H,2-4H2,1H3;1H. The van der Waals surface area contributed by atoms with E-state index in [1.807, 2.05) is 0 Å². The van der Waals surface area contributed by atoms with Crippen molar-refractivity contribution in [3.8, 4) is 0 Å². The van der Waals surface area contributed by atoms with Crippen molar-refractivity contribution in [1.29, 1.82) is 0 Å². The Bertz CT molecular complexity index is 458. The van der Waals surface area contributed by atoms with Crippen LogP contribution in [0.2, 0.25) is 0 Å². The molecule has 0 aliphatic heterocycles. The van der Waals surface area contributed by atoms with Gasteiger partial charge in [0.05, 0.1) is 11.6 Å². The number of likely N-dealkylation sites (N-methyl/N-ethyl adjacent to an activating group) is 1. The monoisotopic (exact) mass is 307 g/mol. The number of carbonyl (C=O) groups excluding carboxylic acids is 1.